The largest absolute Gasteiger partial charge is 0.508 e. The van der Waals surface area contributed by atoms with E-state index in [9.17, 15) is 5.11 Å². The molecule has 0 spiro atoms. The van der Waals surface area contributed by atoms with Crippen LogP contribution in [0.3, 0.4) is 0 Å². The van der Waals surface area contributed by atoms with Crippen LogP contribution in [0, 0.1) is 3.57 Å². The fraction of sp³-hybridized carbons (Fsp3) is 0.500. The molecule has 0 amide bonds. The van der Waals surface area contributed by atoms with Gasteiger partial charge in [0.05, 0.1) is 8.07 Å². The molecular formula is C12H19IOSi. The lowest BCUT2D eigenvalue weighted by Crippen LogP contribution is -2.50. The van der Waals surface area contributed by atoms with E-state index in [1.165, 1.54) is 8.76 Å². The number of benzene rings is 1. The molecule has 3 heteroatoms. The van der Waals surface area contributed by atoms with Crippen LogP contribution >= 0.6 is 22.6 Å². The van der Waals surface area contributed by atoms with Crippen molar-refractivity contribution >= 4 is 35.9 Å². The van der Waals surface area contributed by atoms with Gasteiger partial charge in [-0.1, -0.05) is 39.9 Å². The fourth-order valence-electron chi connectivity index (χ4n) is 1.51. The van der Waals surface area contributed by atoms with Crippen molar-refractivity contribution in [2.75, 3.05) is 0 Å². The van der Waals surface area contributed by atoms with Gasteiger partial charge in [-0.2, -0.15) is 0 Å². The quantitative estimate of drug-likeness (QED) is 0.613. The summed E-state index contributed by atoms with van der Waals surface area (Å²) in [7, 11) is -1.63. The average Bonchev–Trinajstić information content (AvgIpc) is 2.00. The van der Waals surface area contributed by atoms with Crippen LogP contribution in [0.4, 0.5) is 0 Å². The molecule has 0 unspecified atom stereocenters. The molecule has 1 aromatic carbocycles. The Bertz CT molecular complexity index is 346. The molecule has 0 aliphatic carbocycles. The van der Waals surface area contributed by atoms with E-state index in [-0.39, 0.29) is 5.04 Å². The first-order valence-electron chi connectivity index (χ1n) is 5.16. The van der Waals surface area contributed by atoms with Crippen LogP contribution in [0.1, 0.15) is 20.8 Å². The first-order valence-corrected chi connectivity index (χ1v) is 9.24. The van der Waals surface area contributed by atoms with Gasteiger partial charge in [-0.05, 0) is 44.9 Å². The van der Waals surface area contributed by atoms with Gasteiger partial charge in [0.2, 0.25) is 0 Å². The molecular weight excluding hydrogens is 315 g/mol. The van der Waals surface area contributed by atoms with E-state index in [4.69, 9.17) is 0 Å². The van der Waals surface area contributed by atoms with Crippen LogP contribution in [0.15, 0.2) is 18.2 Å². The van der Waals surface area contributed by atoms with Crippen LogP contribution in [-0.2, 0) is 0 Å². The van der Waals surface area contributed by atoms with Crippen molar-refractivity contribution in [1.82, 2.24) is 0 Å². The summed E-state index contributed by atoms with van der Waals surface area (Å²) >= 11 is 2.33. The predicted molar refractivity (Wildman–Crippen MR) is 77.7 cm³/mol. The van der Waals surface area contributed by atoms with Crippen LogP contribution in [0.25, 0.3) is 0 Å². The zero-order valence-corrected chi connectivity index (χ0v) is 13.2. The molecule has 0 radical (unpaired) electrons. The van der Waals surface area contributed by atoms with E-state index in [2.05, 4.69) is 62.5 Å². The van der Waals surface area contributed by atoms with E-state index >= 15 is 0 Å². The molecule has 1 aromatic rings. The van der Waals surface area contributed by atoms with Crippen molar-refractivity contribution in [2.45, 2.75) is 38.9 Å². The predicted octanol–water partition coefficient (Wildman–Crippen LogP) is 3.71. The van der Waals surface area contributed by atoms with Crippen LogP contribution in [0.5, 0.6) is 5.75 Å². The summed E-state index contributed by atoms with van der Waals surface area (Å²) in [5, 5.41) is 11.5. The maximum absolute atomic E-state index is 10.0. The van der Waals surface area contributed by atoms with Crippen molar-refractivity contribution in [2.24, 2.45) is 0 Å². The van der Waals surface area contributed by atoms with Crippen molar-refractivity contribution < 1.29 is 5.11 Å². The van der Waals surface area contributed by atoms with E-state index in [1.807, 2.05) is 6.07 Å². The molecule has 0 saturated carbocycles. The Kier molecular flexibility index (Phi) is 3.55. The summed E-state index contributed by atoms with van der Waals surface area (Å²) < 4.78 is 1.19. The molecule has 0 heterocycles. The molecule has 15 heavy (non-hydrogen) atoms. The zero-order valence-electron chi connectivity index (χ0n) is 10.1. The first-order chi connectivity index (χ1) is 6.68. The van der Waals surface area contributed by atoms with Crippen molar-refractivity contribution in [3.05, 3.63) is 21.8 Å². The van der Waals surface area contributed by atoms with Crippen LogP contribution in [0.2, 0.25) is 18.1 Å². The Morgan fingerprint density at radius 1 is 1.20 bits per heavy atom. The third-order valence-corrected chi connectivity index (χ3v) is 10.4. The average molecular weight is 334 g/mol. The minimum absolute atomic E-state index is 0.256. The van der Waals surface area contributed by atoms with Crippen LogP contribution in [-0.4, -0.2) is 13.2 Å². The summed E-state index contributed by atoms with van der Waals surface area (Å²) in [5.74, 6) is 0.466. The highest BCUT2D eigenvalue weighted by atomic mass is 127. The summed E-state index contributed by atoms with van der Waals surface area (Å²) in [4.78, 5) is 0. The fourth-order valence-corrected chi connectivity index (χ4v) is 6.17. The number of rotatable bonds is 1. The first kappa shape index (κ1) is 13.0. The van der Waals surface area contributed by atoms with Gasteiger partial charge in [0.15, 0.2) is 0 Å². The monoisotopic (exact) mass is 334 g/mol. The van der Waals surface area contributed by atoms with Gasteiger partial charge in [0, 0.05) is 3.57 Å². The second-order valence-corrected chi connectivity index (χ2v) is 11.9. The number of aromatic hydroxyl groups is 1. The SMILES string of the molecule is CC(C)(C)[Si](C)(C)c1c(O)cccc1I. The van der Waals surface area contributed by atoms with Crippen molar-refractivity contribution in [3.8, 4) is 5.75 Å². The van der Waals surface area contributed by atoms with E-state index in [0.717, 1.165) is 0 Å². The van der Waals surface area contributed by atoms with Crippen LogP contribution < -0.4 is 5.19 Å². The standard InChI is InChI=1S/C12H19IOSi/c1-12(2,3)15(4,5)11-9(13)7-6-8-10(11)14/h6-8,14H,1-5H3. The molecule has 0 aliphatic rings. The van der Waals surface area contributed by atoms with Gasteiger partial charge < -0.3 is 5.11 Å². The summed E-state index contributed by atoms with van der Waals surface area (Å²) in [6.07, 6.45) is 0. The molecule has 0 atom stereocenters. The third-order valence-electron chi connectivity index (χ3n) is 3.49. The minimum atomic E-state index is -1.63. The van der Waals surface area contributed by atoms with Gasteiger partial charge in [-0.15, -0.1) is 0 Å². The highest BCUT2D eigenvalue weighted by molar-refractivity contribution is 14.1. The smallest absolute Gasteiger partial charge is 0.115 e. The Balaban J connectivity index is 3.39. The number of hydrogen-bond acceptors (Lipinski definition) is 1. The molecule has 84 valence electrons. The van der Waals surface area contributed by atoms with Gasteiger partial charge in [0.25, 0.3) is 0 Å². The summed E-state index contributed by atoms with van der Waals surface area (Å²) in [5.41, 5.74) is 0. The van der Waals surface area contributed by atoms with E-state index in [1.54, 1.807) is 6.07 Å². The number of hydrogen-bond donors (Lipinski definition) is 1. The maximum Gasteiger partial charge on any atom is 0.115 e. The van der Waals surface area contributed by atoms with Crippen molar-refractivity contribution in [3.63, 3.8) is 0 Å². The molecule has 0 aromatic heterocycles. The van der Waals surface area contributed by atoms with Gasteiger partial charge >= 0.3 is 0 Å². The van der Waals surface area contributed by atoms with Gasteiger partial charge in [0.1, 0.15) is 5.75 Å². The second kappa shape index (κ2) is 4.09. The number of halogens is 1. The minimum Gasteiger partial charge on any atom is -0.508 e. The normalized spacial score (nSPS) is 12.9. The second-order valence-electron chi connectivity index (χ2n) is 5.51. The summed E-state index contributed by atoms with van der Waals surface area (Å²) in [6.45, 7) is 11.4. The Morgan fingerprint density at radius 2 is 1.73 bits per heavy atom. The molecule has 1 rings (SSSR count). The molecule has 1 N–H and O–H groups in total. The molecule has 1 nitrogen and oxygen atoms in total. The lowest BCUT2D eigenvalue weighted by molar-refractivity contribution is 0.478. The Hall–Kier alpha value is -0.0331. The molecule has 0 saturated heterocycles. The van der Waals surface area contributed by atoms with Gasteiger partial charge in [-0.3, -0.25) is 0 Å². The van der Waals surface area contributed by atoms with E-state index < -0.39 is 8.07 Å². The molecule has 0 bridgehead atoms. The Labute approximate surface area is 107 Å². The number of phenolic OH excluding ortho intramolecular Hbond substituents is 1. The highest BCUT2D eigenvalue weighted by Gasteiger charge is 2.39. The molecule has 0 aliphatic heterocycles. The Morgan fingerprint density at radius 3 is 2.13 bits per heavy atom. The third kappa shape index (κ3) is 2.38. The lowest BCUT2D eigenvalue weighted by Gasteiger charge is -2.38. The highest BCUT2D eigenvalue weighted by Crippen LogP contribution is 2.37. The lowest BCUT2D eigenvalue weighted by atomic mass is 10.2. The van der Waals surface area contributed by atoms with Crippen molar-refractivity contribution in [1.29, 1.82) is 0 Å². The maximum atomic E-state index is 10.0. The topological polar surface area (TPSA) is 20.2 Å². The molecule has 0 fully saturated rings. The van der Waals surface area contributed by atoms with Gasteiger partial charge in [-0.25, -0.2) is 0 Å². The number of phenols is 1. The van der Waals surface area contributed by atoms with E-state index in [0.29, 0.717) is 5.75 Å². The zero-order chi connectivity index (χ0) is 11.9. The summed E-state index contributed by atoms with van der Waals surface area (Å²) in [6, 6.07) is 5.79.